The van der Waals surface area contributed by atoms with Gasteiger partial charge in [-0.2, -0.15) is 0 Å². The Hall–Kier alpha value is -11.1. The fraction of sp³-hybridized carbons (Fsp3) is 0.170. The Morgan fingerprint density at radius 3 is 0.870 bits per heavy atom. The average Bonchev–Trinajstić information content (AvgIpc) is 0.849. The Morgan fingerprint density at radius 2 is 0.550 bits per heavy atom. The monoisotopic (exact) mass is 1290 g/mol. The summed E-state index contributed by atoms with van der Waals surface area (Å²) in [4.78, 5) is 7.86. The predicted molar refractivity (Wildman–Crippen MR) is 429 cm³/mol. The summed E-state index contributed by atoms with van der Waals surface area (Å²) >= 11 is 0. The van der Waals surface area contributed by atoms with Crippen LogP contribution < -0.4 is 31.1 Å². The maximum absolute atomic E-state index is 2.67. The van der Waals surface area contributed by atoms with Crippen LogP contribution in [-0.4, -0.2) is 15.8 Å². The average molecular weight is 1290 g/mol. The van der Waals surface area contributed by atoms with Crippen molar-refractivity contribution in [3.8, 4) is 33.6 Å². The molecule has 0 spiro atoms. The first kappa shape index (κ1) is 62.4. The smallest absolute Gasteiger partial charge is 0.252 e. The fourth-order valence-electron chi connectivity index (χ4n) is 15.8. The summed E-state index contributed by atoms with van der Waals surface area (Å²) < 4.78 is 4.99. The molecular formula is C94H84BN5. The predicted octanol–water partition coefficient (Wildman–Crippen LogP) is 24.0. The Balaban J connectivity index is 1.03. The highest BCUT2D eigenvalue weighted by atomic mass is 15.2. The van der Waals surface area contributed by atoms with Gasteiger partial charge in [0.2, 0.25) is 0 Å². The number of nitrogens with zero attached hydrogens (tertiary/aromatic N) is 5. The van der Waals surface area contributed by atoms with Crippen molar-refractivity contribution < 1.29 is 0 Å². The molecule has 0 atom stereocenters. The third-order valence-electron chi connectivity index (χ3n) is 21.2. The van der Waals surface area contributed by atoms with Gasteiger partial charge in [-0.1, -0.05) is 265 Å². The second-order valence-corrected chi connectivity index (χ2v) is 31.9. The van der Waals surface area contributed by atoms with Crippen molar-refractivity contribution in [1.29, 1.82) is 0 Å². The minimum Gasteiger partial charge on any atom is -0.311 e. The van der Waals surface area contributed by atoms with Gasteiger partial charge in [0.05, 0.1) is 27.8 Å². The SMILES string of the molecule is CC(C)(C)c1cc(N2c3cc(-n4c5ccccc5c5ccccc54)ccc3B3c4ccc(-n5c6ccccc6c6ccccc65)cc4N(c4cc(C(C)(C)C)cc(C(C)(C)C)c4)c4cc(N(c5ccc(-c6ccccc6)cc5)c5ccc(-c6ccccc6)cc5)cc2c43)cc(C(C)(C)C)c1. The summed E-state index contributed by atoms with van der Waals surface area (Å²) in [6.07, 6.45) is 0. The number of rotatable bonds is 9. The van der Waals surface area contributed by atoms with Crippen molar-refractivity contribution in [1.82, 2.24) is 9.13 Å². The number of benzene rings is 13. The van der Waals surface area contributed by atoms with Gasteiger partial charge in [-0.15, -0.1) is 0 Å². The van der Waals surface area contributed by atoms with Crippen LogP contribution in [0.4, 0.5) is 51.2 Å². The first-order valence-electron chi connectivity index (χ1n) is 35.6. The van der Waals surface area contributed by atoms with E-state index in [-0.39, 0.29) is 28.4 Å². The van der Waals surface area contributed by atoms with E-state index in [1.165, 1.54) is 93.4 Å². The lowest BCUT2D eigenvalue weighted by Crippen LogP contribution is -2.61. The maximum atomic E-state index is 2.67. The summed E-state index contributed by atoms with van der Waals surface area (Å²) in [5.41, 5.74) is 29.8. The highest BCUT2D eigenvalue weighted by molar-refractivity contribution is 7.00. The molecule has 0 radical (unpaired) electrons. The Morgan fingerprint density at radius 1 is 0.250 bits per heavy atom. The molecule has 13 aromatic carbocycles. The molecule has 2 aliphatic rings. The van der Waals surface area contributed by atoms with Crippen LogP contribution in [0.5, 0.6) is 0 Å². The van der Waals surface area contributed by atoms with Gasteiger partial charge in [0.15, 0.2) is 0 Å². The highest BCUT2D eigenvalue weighted by Crippen LogP contribution is 2.52. The van der Waals surface area contributed by atoms with Crippen LogP contribution >= 0.6 is 0 Å². The van der Waals surface area contributed by atoms with Gasteiger partial charge < -0.3 is 23.8 Å². The van der Waals surface area contributed by atoms with Gasteiger partial charge in [0, 0.05) is 78.4 Å². The van der Waals surface area contributed by atoms with Crippen molar-refractivity contribution >= 4 is 118 Å². The number of hydrogen-bond donors (Lipinski definition) is 0. The summed E-state index contributed by atoms with van der Waals surface area (Å²) in [6, 6.07) is 111. The van der Waals surface area contributed by atoms with Gasteiger partial charge in [-0.3, -0.25) is 0 Å². The normalized spacial score (nSPS) is 13.1. The summed E-state index contributed by atoms with van der Waals surface area (Å²) in [7, 11) is 0. The van der Waals surface area contributed by atoms with Gasteiger partial charge in [0.25, 0.3) is 6.71 Å². The van der Waals surface area contributed by atoms with E-state index < -0.39 is 0 Å². The van der Waals surface area contributed by atoms with Crippen LogP contribution in [0.1, 0.15) is 105 Å². The topological polar surface area (TPSA) is 19.6 Å². The maximum Gasteiger partial charge on any atom is 0.252 e. The minimum atomic E-state index is -0.208. The van der Waals surface area contributed by atoms with Crippen molar-refractivity contribution in [2.45, 2.75) is 105 Å². The minimum absolute atomic E-state index is 0.176. The van der Waals surface area contributed by atoms with Crippen molar-refractivity contribution in [3.05, 3.63) is 313 Å². The summed E-state index contributed by atoms with van der Waals surface area (Å²) in [5, 5.41) is 4.94. The third-order valence-corrected chi connectivity index (χ3v) is 21.2. The van der Waals surface area contributed by atoms with E-state index in [2.05, 4.69) is 398 Å². The second kappa shape index (κ2) is 23.3. The first-order valence-corrected chi connectivity index (χ1v) is 35.6. The molecule has 0 N–H and O–H groups in total. The number of para-hydroxylation sites is 4. The first-order chi connectivity index (χ1) is 48.1. The van der Waals surface area contributed by atoms with Crippen LogP contribution in [0.3, 0.4) is 0 Å². The van der Waals surface area contributed by atoms with E-state index in [9.17, 15) is 0 Å². The van der Waals surface area contributed by atoms with Crippen LogP contribution in [0.25, 0.3) is 77.2 Å². The quantitative estimate of drug-likeness (QED) is 0.134. The largest absolute Gasteiger partial charge is 0.311 e. The number of anilines is 9. The molecule has 5 nitrogen and oxygen atoms in total. The second-order valence-electron chi connectivity index (χ2n) is 31.9. The molecule has 2 aromatic heterocycles. The summed E-state index contributed by atoms with van der Waals surface area (Å²) in [5.74, 6) is 0. The zero-order chi connectivity index (χ0) is 68.7. The fourth-order valence-corrected chi connectivity index (χ4v) is 15.8. The highest BCUT2D eigenvalue weighted by Gasteiger charge is 2.45. The third kappa shape index (κ3) is 10.5. The molecule has 17 rings (SSSR count). The van der Waals surface area contributed by atoms with Crippen LogP contribution in [-0.2, 0) is 21.7 Å². The lowest BCUT2D eigenvalue weighted by molar-refractivity contribution is 0.568. The Labute approximate surface area is 589 Å². The molecule has 0 fully saturated rings. The van der Waals surface area contributed by atoms with E-state index in [0.717, 1.165) is 73.7 Å². The standard InChI is InChI=1S/C94H84BN5/c1-91(2,3)65-51-66(92(4,5)6)54-73(53-65)99-86-57-71(97-82-35-23-19-31-76(82)77-32-20-24-36-83(77)97)47-49-80(86)95-81-50-48-72(98-84-37-25-21-33-78(84)79-34-22-26-38-85(79)98)58-87(81)100(74-55-67(93(7,8)9)52-68(56-74)94(10,11)12)89-60-75(59-88(99)90(89)95)96(69-43-39-63(40-44-69)61-27-15-13-16-28-61)70-45-41-64(42-46-70)62-29-17-14-18-30-62/h13-60H,1-12H3. The molecule has 4 heterocycles. The van der Waals surface area contributed by atoms with E-state index in [4.69, 9.17) is 0 Å². The molecule has 488 valence electrons. The van der Waals surface area contributed by atoms with E-state index >= 15 is 0 Å². The van der Waals surface area contributed by atoms with E-state index in [1.54, 1.807) is 0 Å². The molecule has 15 aromatic rings. The zero-order valence-corrected chi connectivity index (χ0v) is 59.5. The van der Waals surface area contributed by atoms with E-state index in [0.29, 0.717) is 0 Å². The van der Waals surface area contributed by atoms with Gasteiger partial charge in [-0.05, 0) is 192 Å². The molecule has 2 aliphatic heterocycles. The molecule has 0 amide bonds. The molecule has 6 heteroatoms. The number of hydrogen-bond acceptors (Lipinski definition) is 3. The zero-order valence-electron chi connectivity index (χ0n) is 59.5. The molecule has 0 saturated heterocycles. The van der Waals surface area contributed by atoms with Crippen LogP contribution in [0.15, 0.2) is 291 Å². The molecule has 100 heavy (non-hydrogen) atoms. The molecular weight excluding hydrogens is 1210 g/mol. The van der Waals surface area contributed by atoms with Crippen LogP contribution in [0.2, 0.25) is 0 Å². The van der Waals surface area contributed by atoms with Crippen molar-refractivity contribution in [2.24, 2.45) is 0 Å². The van der Waals surface area contributed by atoms with E-state index in [1.807, 2.05) is 0 Å². The molecule has 0 aliphatic carbocycles. The van der Waals surface area contributed by atoms with Crippen molar-refractivity contribution in [2.75, 3.05) is 14.7 Å². The Bertz CT molecular complexity index is 5190. The lowest BCUT2D eigenvalue weighted by Gasteiger charge is -2.46. The van der Waals surface area contributed by atoms with Gasteiger partial charge in [0.1, 0.15) is 0 Å². The van der Waals surface area contributed by atoms with Gasteiger partial charge >= 0.3 is 0 Å². The molecule has 0 unspecified atom stereocenters. The lowest BCUT2D eigenvalue weighted by atomic mass is 9.33. The van der Waals surface area contributed by atoms with Crippen LogP contribution in [0, 0.1) is 0 Å². The number of aromatic nitrogens is 2. The Kier molecular flexibility index (Phi) is 14.5. The molecule has 0 saturated carbocycles. The van der Waals surface area contributed by atoms with Crippen molar-refractivity contribution in [3.63, 3.8) is 0 Å². The number of fused-ring (bicyclic) bond motifs is 10. The molecule has 0 bridgehead atoms. The van der Waals surface area contributed by atoms with Gasteiger partial charge in [-0.25, -0.2) is 0 Å². The summed E-state index contributed by atoms with van der Waals surface area (Å²) in [6.45, 7) is 28.2.